The summed E-state index contributed by atoms with van der Waals surface area (Å²) in [6.45, 7) is 3.49. The van der Waals surface area contributed by atoms with Gasteiger partial charge in [-0.05, 0) is 12.1 Å². The van der Waals surface area contributed by atoms with E-state index >= 15 is 0 Å². The molecule has 1 rings (SSSR count). The molecule has 0 saturated heterocycles. The normalized spacial score (nSPS) is 11.8. The second-order valence-electron chi connectivity index (χ2n) is 3.66. The minimum Gasteiger partial charge on any atom is -0.478 e. The topological polar surface area (TPSA) is 74.7 Å². The molecule has 0 spiro atoms. The zero-order valence-electron chi connectivity index (χ0n) is 10.4. The van der Waals surface area contributed by atoms with Crippen LogP contribution in [0.1, 0.15) is 24.2 Å². The molecule has 106 valence electrons. The molecule has 0 amide bonds. The smallest absolute Gasteiger partial charge is 0.338 e. The lowest BCUT2D eigenvalue weighted by atomic mass is 10.2. The third-order valence-electron chi connectivity index (χ3n) is 2.56. The van der Waals surface area contributed by atoms with Crippen LogP contribution in [0.25, 0.3) is 0 Å². The van der Waals surface area contributed by atoms with E-state index in [9.17, 15) is 17.6 Å². The van der Waals surface area contributed by atoms with E-state index in [0.717, 1.165) is 16.4 Å². The van der Waals surface area contributed by atoms with Crippen LogP contribution in [0.5, 0.6) is 0 Å². The number of carboxylic acids is 1. The molecule has 19 heavy (non-hydrogen) atoms. The first-order valence-corrected chi connectivity index (χ1v) is 7.30. The molecule has 0 aliphatic rings. The number of carboxylic acid groups (broad SMARTS) is 1. The van der Waals surface area contributed by atoms with Gasteiger partial charge in [0.25, 0.3) is 0 Å². The Balaban J connectivity index is 3.55. The highest BCUT2D eigenvalue weighted by atomic mass is 35.5. The molecule has 1 aromatic carbocycles. The standard InChI is InChI=1S/C11H13ClFNO4S/c1-3-14(4-2)19(17,18)9-6-7(12)5-8(10(9)13)11(15)16/h5-6H,3-4H2,1-2H3,(H,15,16). The zero-order chi connectivity index (χ0) is 14.8. The lowest BCUT2D eigenvalue weighted by molar-refractivity contribution is 0.0691. The number of nitrogens with zero attached hydrogens (tertiary/aromatic N) is 1. The molecule has 0 aliphatic carbocycles. The fourth-order valence-corrected chi connectivity index (χ4v) is 3.46. The van der Waals surface area contributed by atoms with E-state index in [2.05, 4.69) is 0 Å². The lowest BCUT2D eigenvalue weighted by Crippen LogP contribution is -2.31. The largest absolute Gasteiger partial charge is 0.478 e. The van der Waals surface area contributed by atoms with Gasteiger partial charge in [0.05, 0.1) is 5.56 Å². The number of carbonyl (C=O) groups is 1. The fourth-order valence-electron chi connectivity index (χ4n) is 1.61. The van der Waals surface area contributed by atoms with Crippen LogP contribution in [-0.4, -0.2) is 36.9 Å². The Hall–Kier alpha value is -1.18. The summed E-state index contributed by atoms with van der Waals surface area (Å²) in [7, 11) is -4.10. The number of benzene rings is 1. The van der Waals surface area contributed by atoms with Crippen LogP contribution >= 0.6 is 11.6 Å². The van der Waals surface area contributed by atoms with E-state index in [0.29, 0.717) is 0 Å². The molecule has 0 aromatic heterocycles. The van der Waals surface area contributed by atoms with Crippen LogP contribution in [-0.2, 0) is 10.0 Å². The van der Waals surface area contributed by atoms with E-state index in [4.69, 9.17) is 16.7 Å². The number of hydrogen-bond donors (Lipinski definition) is 1. The molecule has 8 heteroatoms. The van der Waals surface area contributed by atoms with Crippen molar-refractivity contribution in [3.8, 4) is 0 Å². The first-order chi connectivity index (χ1) is 8.75. The fraction of sp³-hybridized carbons (Fsp3) is 0.364. The van der Waals surface area contributed by atoms with Crippen molar-refractivity contribution in [2.45, 2.75) is 18.7 Å². The molecule has 0 atom stereocenters. The van der Waals surface area contributed by atoms with Crippen molar-refractivity contribution in [2.24, 2.45) is 0 Å². The minimum atomic E-state index is -4.10. The van der Waals surface area contributed by atoms with E-state index in [1.54, 1.807) is 13.8 Å². The summed E-state index contributed by atoms with van der Waals surface area (Å²) < 4.78 is 39.4. The second kappa shape index (κ2) is 5.85. The molecule has 5 nitrogen and oxygen atoms in total. The predicted molar refractivity (Wildman–Crippen MR) is 68.5 cm³/mol. The Morgan fingerprint density at radius 2 is 1.89 bits per heavy atom. The number of rotatable bonds is 5. The van der Waals surface area contributed by atoms with Crippen molar-refractivity contribution in [3.05, 3.63) is 28.5 Å². The molecule has 0 heterocycles. The summed E-state index contributed by atoms with van der Waals surface area (Å²) in [6, 6.07) is 1.79. The maximum Gasteiger partial charge on any atom is 0.338 e. The summed E-state index contributed by atoms with van der Waals surface area (Å²) >= 11 is 5.65. The highest BCUT2D eigenvalue weighted by Gasteiger charge is 2.29. The maximum atomic E-state index is 14.0. The quantitative estimate of drug-likeness (QED) is 0.905. The van der Waals surface area contributed by atoms with Crippen LogP contribution in [0.2, 0.25) is 5.02 Å². The first-order valence-electron chi connectivity index (χ1n) is 5.48. The van der Waals surface area contributed by atoms with Crippen molar-refractivity contribution in [2.75, 3.05) is 13.1 Å². The molecule has 1 aromatic rings. The van der Waals surface area contributed by atoms with Crippen LogP contribution in [0.3, 0.4) is 0 Å². The molecular formula is C11H13ClFNO4S. The summed E-state index contributed by atoms with van der Waals surface area (Å²) in [5, 5.41) is 8.68. The summed E-state index contributed by atoms with van der Waals surface area (Å²) in [5.74, 6) is -2.88. The van der Waals surface area contributed by atoms with Gasteiger partial charge in [-0.25, -0.2) is 17.6 Å². The van der Waals surface area contributed by atoms with Crippen molar-refractivity contribution in [1.82, 2.24) is 4.31 Å². The Labute approximate surface area is 115 Å². The Kier molecular flexibility index (Phi) is 4.89. The van der Waals surface area contributed by atoms with Crippen molar-refractivity contribution >= 4 is 27.6 Å². The summed E-state index contributed by atoms with van der Waals surface area (Å²) in [4.78, 5) is 10.1. The second-order valence-corrected chi connectivity index (χ2v) is 6.00. The molecular weight excluding hydrogens is 297 g/mol. The zero-order valence-corrected chi connectivity index (χ0v) is 11.9. The average Bonchev–Trinajstić information content (AvgIpc) is 2.32. The predicted octanol–water partition coefficient (Wildman–Crippen LogP) is 2.21. The number of aromatic carboxylic acids is 1. The van der Waals surface area contributed by atoms with E-state index < -0.39 is 32.3 Å². The summed E-state index contributed by atoms with van der Waals surface area (Å²) in [5.41, 5.74) is -0.766. The van der Waals surface area contributed by atoms with Gasteiger partial charge < -0.3 is 5.11 Å². The average molecular weight is 310 g/mol. The molecule has 0 bridgehead atoms. The minimum absolute atomic E-state index is 0.146. The van der Waals surface area contributed by atoms with Crippen molar-refractivity contribution in [1.29, 1.82) is 0 Å². The van der Waals surface area contributed by atoms with Gasteiger partial charge in [0.1, 0.15) is 4.90 Å². The molecule has 0 aliphatic heterocycles. The number of sulfonamides is 1. The van der Waals surface area contributed by atoms with Gasteiger partial charge in [0.2, 0.25) is 10.0 Å². The Morgan fingerprint density at radius 3 is 2.32 bits per heavy atom. The van der Waals surface area contributed by atoms with Gasteiger partial charge in [0, 0.05) is 18.1 Å². The number of hydrogen-bond acceptors (Lipinski definition) is 3. The monoisotopic (exact) mass is 309 g/mol. The third kappa shape index (κ3) is 3.05. The van der Waals surface area contributed by atoms with Crippen LogP contribution in [0, 0.1) is 5.82 Å². The third-order valence-corrected chi connectivity index (χ3v) is 4.82. The molecule has 0 unspecified atom stereocenters. The SMILES string of the molecule is CCN(CC)S(=O)(=O)c1cc(Cl)cc(C(=O)O)c1F. The van der Waals surface area contributed by atoms with Gasteiger partial charge in [-0.1, -0.05) is 25.4 Å². The first kappa shape index (κ1) is 15.9. The van der Waals surface area contributed by atoms with Gasteiger partial charge in [-0.2, -0.15) is 4.31 Å². The van der Waals surface area contributed by atoms with E-state index in [-0.39, 0.29) is 18.1 Å². The maximum absolute atomic E-state index is 14.0. The van der Waals surface area contributed by atoms with E-state index in [1.807, 2.05) is 0 Å². The lowest BCUT2D eigenvalue weighted by Gasteiger charge is -2.19. The molecule has 1 N–H and O–H groups in total. The van der Waals surface area contributed by atoms with Gasteiger partial charge in [-0.15, -0.1) is 0 Å². The van der Waals surface area contributed by atoms with Gasteiger partial charge in [-0.3, -0.25) is 0 Å². The van der Waals surface area contributed by atoms with Crippen molar-refractivity contribution < 1.29 is 22.7 Å². The Bertz CT molecular complexity index is 599. The van der Waals surface area contributed by atoms with Crippen LogP contribution in [0.4, 0.5) is 4.39 Å². The van der Waals surface area contributed by atoms with Gasteiger partial charge in [0.15, 0.2) is 5.82 Å². The Morgan fingerprint density at radius 1 is 1.37 bits per heavy atom. The van der Waals surface area contributed by atoms with Crippen LogP contribution in [0.15, 0.2) is 17.0 Å². The van der Waals surface area contributed by atoms with Crippen LogP contribution < -0.4 is 0 Å². The van der Waals surface area contributed by atoms with E-state index in [1.165, 1.54) is 0 Å². The molecule has 0 fully saturated rings. The molecule has 0 radical (unpaired) electrons. The van der Waals surface area contributed by atoms with Gasteiger partial charge >= 0.3 is 5.97 Å². The number of halogens is 2. The molecule has 0 saturated carbocycles. The van der Waals surface area contributed by atoms with Crippen molar-refractivity contribution in [3.63, 3.8) is 0 Å². The highest BCUT2D eigenvalue weighted by Crippen LogP contribution is 2.26. The summed E-state index contributed by atoms with van der Waals surface area (Å²) in [6.07, 6.45) is 0. The highest BCUT2D eigenvalue weighted by molar-refractivity contribution is 7.89.